The number of anilines is 3. The van der Waals surface area contributed by atoms with E-state index in [1.165, 1.54) is 0 Å². The molecule has 0 atom stereocenters. The first kappa shape index (κ1) is 20.3. The summed E-state index contributed by atoms with van der Waals surface area (Å²) in [6, 6.07) is 14.6. The monoisotopic (exact) mass is 415 g/mol. The van der Waals surface area contributed by atoms with Gasteiger partial charge in [-0.15, -0.1) is 0 Å². The van der Waals surface area contributed by atoms with Crippen molar-refractivity contribution in [1.29, 1.82) is 5.26 Å². The fraction of sp³-hybridized carbons (Fsp3) is 0.227. The topological polar surface area (TPSA) is 116 Å². The zero-order valence-corrected chi connectivity index (χ0v) is 16.8. The lowest BCUT2D eigenvalue weighted by molar-refractivity contribution is 0.0958. The summed E-state index contributed by atoms with van der Waals surface area (Å²) < 4.78 is 5.38. The fourth-order valence-corrected chi connectivity index (χ4v) is 3.16. The first-order valence-electron chi connectivity index (χ1n) is 9.87. The summed E-state index contributed by atoms with van der Waals surface area (Å²) in [5.41, 5.74) is 2.85. The van der Waals surface area contributed by atoms with Crippen LogP contribution in [0, 0.1) is 11.3 Å². The Hall–Kier alpha value is -4.03. The van der Waals surface area contributed by atoms with E-state index in [1.54, 1.807) is 30.6 Å². The number of carbonyl (C=O) groups excluding carboxylic acids is 1. The molecule has 31 heavy (non-hydrogen) atoms. The lowest BCUT2D eigenvalue weighted by Crippen LogP contribution is -2.36. The third-order valence-electron chi connectivity index (χ3n) is 4.77. The number of carbonyl (C=O) groups is 1. The average molecular weight is 415 g/mol. The minimum Gasteiger partial charge on any atom is -0.378 e. The second-order valence-electron chi connectivity index (χ2n) is 6.81. The maximum absolute atomic E-state index is 11.9. The second kappa shape index (κ2) is 9.65. The second-order valence-corrected chi connectivity index (χ2v) is 6.81. The highest BCUT2D eigenvalue weighted by Crippen LogP contribution is 2.21. The van der Waals surface area contributed by atoms with Crippen molar-refractivity contribution in [3.63, 3.8) is 0 Å². The van der Waals surface area contributed by atoms with Crippen molar-refractivity contribution >= 4 is 23.4 Å². The Morgan fingerprint density at radius 3 is 2.61 bits per heavy atom. The predicted molar refractivity (Wildman–Crippen MR) is 116 cm³/mol. The summed E-state index contributed by atoms with van der Waals surface area (Å²) in [5, 5.41) is 14.3. The minimum atomic E-state index is -0.286. The molecule has 3 heterocycles. The number of amides is 1. The highest BCUT2D eigenvalue weighted by atomic mass is 16.5. The number of hydrogen-bond acceptors (Lipinski definition) is 8. The Morgan fingerprint density at radius 2 is 1.90 bits per heavy atom. The summed E-state index contributed by atoms with van der Waals surface area (Å²) in [6.07, 6.45) is 3.43. The summed E-state index contributed by atoms with van der Waals surface area (Å²) in [7, 11) is 0. The molecule has 2 N–H and O–H groups in total. The first-order valence-corrected chi connectivity index (χ1v) is 9.87. The maximum Gasteiger partial charge on any atom is 0.252 e. The number of rotatable bonds is 6. The van der Waals surface area contributed by atoms with Gasteiger partial charge in [-0.1, -0.05) is 12.1 Å². The summed E-state index contributed by atoms with van der Waals surface area (Å²) in [6.45, 7) is 3.08. The molecule has 0 saturated carbocycles. The molecule has 1 aromatic carbocycles. The number of morpholine rings is 1. The molecular weight excluding hydrogens is 394 g/mol. The van der Waals surface area contributed by atoms with Crippen molar-refractivity contribution in [1.82, 2.24) is 20.3 Å². The first-order chi connectivity index (χ1) is 15.2. The van der Waals surface area contributed by atoms with E-state index in [-0.39, 0.29) is 12.5 Å². The SMILES string of the molecule is N#CCNC(=O)c1ccc(-c2ccnc(Nc3ccc(N4CCOCC4)nc3)n2)cc1. The number of aromatic nitrogens is 3. The van der Waals surface area contributed by atoms with Crippen molar-refractivity contribution in [2.24, 2.45) is 0 Å². The van der Waals surface area contributed by atoms with Crippen LogP contribution in [-0.4, -0.2) is 53.7 Å². The van der Waals surface area contributed by atoms with Crippen LogP contribution in [0.2, 0.25) is 0 Å². The fourth-order valence-electron chi connectivity index (χ4n) is 3.16. The van der Waals surface area contributed by atoms with E-state index in [2.05, 4.69) is 30.5 Å². The van der Waals surface area contributed by atoms with Crippen molar-refractivity contribution in [2.75, 3.05) is 43.1 Å². The number of ether oxygens (including phenoxy) is 1. The minimum absolute atomic E-state index is 0.0240. The molecule has 1 amide bonds. The van der Waals surface area contributed by atoms with Gasteiger partial charge in [-0.2, -0.15) is 5.26 Å². The lowest BCUT2D eigenvalue weighted by Gasteiger charge is -2.27. The number of hydrogen-bond donors (Lipinski definition) is 2. The zero-order chi connectivity index (χ0) is 21.5. The number of pyridine rings is 1. The Labute approximate surface area is 179 Å². The van der Waals surface area contributed by atoms with E-state index in [0.717, 1.165) is 35.9 Å². The van der Waals surface area contributed by atoms with Gasteiger partial charge in [-0.3, -0.25) is 4.79 Å². The van der Waals surface area contributed by atoms with Crippen LogP contribution in [-0.2, 0) is 4.74 Å². The van der Waals surface area contributed by atoms with E-state index in [9.17, 15) is 4.79 Å². The standard InChI is InChI=1S/C22H21N7O2/c23-8-10-24-21(30)17-3-1-16(2-4-17)19-7-9-25-22(28-19)27-18-5-6-20(26-15-18)29-11-13-31-14-12-29/h1-7,9,15H,10-14H2,(H,24,30)(H,25,27,28). The quantitative estimate of drug-likeness (QED) is 0.590. The number of nitriles is 1. The van der Waals surface area contributed by atoms with Crippen LogP contribution in [0.25, 0.3) is 11.3 Å². The molecule has 9 heteroatoms. The van der Waals surface area contributed by atoms with Gasteiger partial charge in [-0.25, -0.2) is 15.0 Å². The maximum atomic E-state index is 11.9. The van der Waals surface area contributed by atoms with Crippen molar-refractivity contribution in [3.8, 4) is 17.3 Å². The number of nitrogens with zero attached hydrogens (tertiary/aromatic N) is 5. The summed E-state index contributed by atoms with van der Waals surface area (Å²) in [4.78, 5) is 27.5. The molecule has 156 valence electrons. The van der Waals surface area contributed by atoms with Crippen LogP contribution in [0.15, 0.2) is 54.9 Å². The van der Waals surface area contributed by atoms with E-state index >= 15 is 0 Å². The zero-order valence-electron chi connectivity index (χ0n) is 16.8. The molecule has 0 radical (unpaired) electrons. The lowest BCUT2D eigenvalue weighted by atomic mass is 10.1. The molecule has 1 fully saturated rings. The van der Waals surface area contributed by atoms with Gasteiger partial charge in [0.05, 0.1) is 36.9 Å². The van der Waals surface area contributed by atoms with E-state index in [1.807, 2.05) is 30.3 Å². The molecule has 4 rings (SSSR count). The van der Waals surface area contributed by atoms with Crippen LogP contribution in [0.5, 0.6) is 0 Å². The Balaban J connectivity index is 1.43. The van der Waals surface area contributed by atoms with Gasteiger partial charge in [0.15, 0.2) is 0 Å². The van der Waals surface area contributed by atoms with Crippen molar-refractivity contribution < 1.29 is 9.53 Å². The summed E-state index contributed by atoms with van der Waals surface area (Å²) >= 11 is 0. The van der Waals surface area contributed by atoms with Crippen molar-refractivity contribution in [3.05, 3.63) is 60.4 Å². The smallest absolute Gasteiger partial charge is 0.252 e. The van der Waals surface area contributed by atoms with E-state index in [4.69, 9.17) is 10.00 Å². The Morgan fingerprint density at radius 1 is 1.10 bits per heavy atom. The molecule has 0 spiro atoms. The Bertz CT molecular complexity index is 1070. The largest absolute Gasteiger partial charge is 0.378 e. The molecule has 1 saturated heterocycles. The molecule has 1 aliphatic rings. The normalized spacial score (nSPS) is 13.3. The average Bonchev–Trinajstić information content (AvgIpc) is 2.84. The van der Waals surface area contributed by atoms with Gasteiger partial charge >= 0.3 is 0 Å². The molecule has 0 aliphatic carbocycles. The third-order valence-corrected chi connectivity index (χ3v) is 4.77. The summed E-state index contributed by atoms with van der Waals surface area (Å²) in [5.74, 6) is 1.09. The molecule has 3 aromatic rings. The third kappa shape index (κ3) is 5.12. The number of benzene rings is 1. The molecule has 9 nitrogen and oxygen atoms in total. The highest BCUT2D eigenvalue weighted by Gasteiger charge is 2.12. The molecule has 2 aromatic heterocycles. The van der Waals surface area contributed by atoms with Crippen LogP contribution < -0.4 is 15.5 Å². The molecule has 1 aliphatic heterocycles. The number of nitrogens with one attached hydrogen (secondary N) is 2. The van der Waals surface area contributed by atoms with Crippen molar-refractivity contribution in [2.45, 2.75) is 0 Å². The van der Waals surface area contributed by atoms with Crippen LogP contribution >= 0.6 is 0 Å². The van der Waals surface area contributed by atoms with Crippen LogP contribution in [0.4, 0.5) is 17.5 Å². The van der Waals surface area contributed by atoms with E-state index < -0.39 is 0 Å². The van der Waals surface area contributed by atoms with Gasteiger partial charge in [0.25, 0.3) is 5.91 Å². The molecule has 0 unspecified atom stereocenters. The predicted octanol–water partition coefficient (Wildman–Crippen LogP) is 2.37. The molecule has 0 bridgehead atoms. The van der Waals surface area contributed by atoms with Crippen LogP contribution in [0.3, 0.4) is 0 Å². The van der Waals surface area contributed by atoms with Gasteiger partial charge in [0, 0.05) is 30.4 Å². The van der Waals surface area contributed by atoms with Gasteiger partial charge < -0.3 is 20.3 Å². The van der Waals surface area contributed by atoms with E-state index in [0.29, 0.717) is 24.7 Å². The van der Waals surface area contributed by atoms with Gasteiger partial charge in [0.1, 0.15) is 12.4 Å². The van der Waals surface area contributed by atoms with Gasteiger partial charge in [-0.05, 0) is 30.3 Å². The highest BCUT2D eigenvalue weighted by molar-refractivity contribution is 5.94. The Kier molecular flexibility index (Phi) is 6.30. The van der Waals surface area contributed by atoms with Gasteiger partial charge in [0.2, 0.25) is 5.95 Å². The molecular formula is C22H21N7O2. The van der Waals surface area contributed by atoms with Crippen LogP contribution in [0.1, 0.15) is 10.4 Å².